The molecule has 2 aromatic rings. The third-order valence-electron chi connectivity index (χ3n) is 3.22. The predicted octanol–water partition coefficient (Wildman–Crippen LogP) is 4.20. The molecule has 0 N–H and O–H groups in total. The van der Waals surface area contributed by atoms with Crippen molar-refractivity contribution in [1.29, 1.82) is 0 Å². The third kappa shape index (κ3) is 3.54. The molecule has 0 fully saturated rings. The molecule has 108 valence electrons. The number of benzene rings is 1. The molecule has 1 unspecified atom stereocenters. The Hall–Kier alpha value is -1.49. The first kappa shape index (κ1) is 14.9. The van der Waals surface area contributed by atoms with E-state index in [-0.39, 0.29) is 0 Å². The molecule has 0 radical (unpaired) electrons. The number of hydrogen-bond acceptors (Lipinski definition) is 3. The minimum absolute atomic E-state index is 0.413. The molecule has 0 aliphatic rings. The van der Waals surface area contributed by atoms with Gasteiger partial charge in [-0.2, -0.15) is 5.10 Å². The first-order valence-electron chi connectivity index (χ1n) is 6.64. The maximum atomic E-state index is 5.77. The molecular weight excluding hydrogens is 320 g/mol. The quantitative estimate of drug-likeness (QED) is 0.791. The highest BCUT2D eigenvalue weighted by atomic mass is 79.9. The number of ether oxygens (including phenoxy) is 2. The summed E-state index contributed by atoms with van der Waals surface area (Å²) >= 11 is 3.47. The van der Waals surface area contributed by atoms with Crippen LogP contribution in [0.15, 0.2) is 34.9 Å². The predicted molar refractivity (Wildman–Crippen MR) is 82.3 cm³/mol. The molecule has 2 rings (SSSR count). The number of hydrogen-bond donors (Lipinski definition) is 0. The van der Waals surface area contributed by atoms with Crippen LogP contribution in [0.5, 0.6) is 11.5 Å². The SMILES string of the molecule is CCC(C)n1ccc(COc2ccc(OC)cc2Br)n1. The van der Waals surface area contributed by atoms with E-state index < -0.39 is 0 Å². The molecule has 0 aliphatic heterocycles. The lowest BCUT2D eigenvalue weighted by Gasteiger charge is -2.09. The number of nitrogens with zero attached hydrogens (tertiary/aromatic N) is 2. The van der Waals surface area contributed by atoms with E-state index in [4.69, 9.17) is 9.47 Å². The van der Waals surface area contributed by atoms with Crippen LogP contribution in [0.3, 0.4) is 0 Å². The Labute approximate surface area is 127 Å². The summed E-state index contributed by atoms with van der Waals surface area (Å²) in [6.07, 6.45) is 3.06. The first-order valence-corrected chi connectivity index (χ1v) is 7.43. The molecule has 20 heavy (non-hydrogen) atoms. The fraction of sp³-hybridized carbons (Fsp3) is 0.400. The van der Waals surface area contributed by atoms with Crippen LogP contribution < -0.4 is 9.47 Å². The number of halogens is 1. The molecule has 0 bridgehead atoms. The van der Waals surface area contributed by atoms with E-state index in [9.17, 15) is 0 Å². The van der Waals surface area contributed by atoms with Crippen LogP contribution in [-0.4, -0.2) is 16.9 Å². The second-order valence-electron chi connectivity index (χ2n) is 4.63. The summed E-state index contributed by atoms with van der Waals surface area (Å²) in [6, 6.07) is 8.04. The van der Waals surface area contributed by atoms with Gasteiger partial charge in [-0.1, -0.05) is 6.92 Å². The lowest BCUT2D eigenvalue weighted by atomic mass is 10.3. The zero-order valence-electron chi connectivity index (χ0n) is 12.0. The lowest BCUT2D eigenvalue weighted by molar-refractivity contribution is 0.295. The van der Waals surface area contributed by atoms with Crippen LogP contribution in [0, 0.1) is 0 Å². The summed E-state index contributed by atoms with van der Waals surface area (Å²) in [7, 11) is 1.64. The van der Waals surface area contributed by atoms with Gasteiger partial charge in [0.15, 0.2) is 0 Å². The minimum Gasteiger partial charge on any atom is -0.497 e. The van der Waals surface area contributed by atoms with Gasteiger partial charge in [-0.25, -0.2) is 0 Å². The Bertz CT molecular complexity index is 569. The van der Waals surface area contributed by atoms with Crippen molar-refractivity contribution in [2.24, 2.45) is 0 Å². The molecule has 0 spiro atoms. The molecule has 0 amide bonds. The minimum atomic E-state index is 0.413. The second-order valence-corrected chi connectivity index (χ2v) is 5.48. The van der Waals surface area contributed by atoms with E-state index in [2.05, 4.69) is 34.9 Å². The largest absolute Gasteiger partial charge is 0.497 e. The normalized spacial score (nSPS) is 12.2. The van der Waals surface area contributed by atoms with Gasteiger partial charge in [0.1, 0.15) is 18.1 Å². The maximum Gasteiger partial charge on any atom is 0.134 e. The molecule has 5 heteroatoms. The van der Waals surface area contributed by atoms with E-state index in [1.54, 1.807) is 7.11 Å². The van der Waals surface area contributed by atoms with E-state index >= 15 is 0 Å². The number of rotatable bonds is 6. The summed E-state index contributed by atoms with van der Waals surface area (Å²) in [4.78, 5) is 0. The van der Waals surface area contributed by atoms with E-state index in [0.717, 1.165) is 28.1 Å². The van der Waals surface area contributed by atoms with Gasteiger partial charge < -0.3 is 9.47 Å². The maximum absolute atomic E-state index is 5.77. The van der Waals surface area contributed by atoms with Gasteiger partial charge in [0.2, 0.25) is 0 Å². The van der Waals surface area contributed by atoms with Crippen LogP contribution in [0.2, 0.25) is 0 Å². The average molecular weight is 339 g/mol. The summed E-state index contributed by atoms with van der Waals surface area (Å²) in [5, 5.41) is 4.51. The summed E-state index contributed by atoms with van der Waals surface area (Å²) < 4.78 is 13.8. The van der Waals surface area contributed by atoms with Crippen LogP contribution in [0.1, 0.15) is 32.0 Å². The van der Waals surface area contributed by atoms with Crippen LogP contribution in [0.4, 0.5) is 0 Å². The molecule has 1 aromatic carbocycles. The van der Waals surface area contributed by atoms with Crippen molar-refractivity contribution >= 4 is 15.9 Å². The standard InChI is InChI=1S/C15H19BrN2O2/c1-4-11(2)18-8-7-12(17-18)10-20-15-6-5-13(19-3)9-14(15)16/h5-9,11H,4,10H2,1-3H3. The lowest BCUT2D eigenvalue weighted by Crippen LogP contribution is -2.05. The van der Waals surface area contributed by atoms with Crippen LogP contribution in [-0.2, 0) is 6.61 Å². The number of methoxy groups -OCH3 is 1. The number of aromatic nitrogens is 2. The Morgan fingerprint density at radius 2 is 2.15 bits per heavy atom. The van der Waals surface area contributed by atoms with Gasteiger partial charge in [-0.3, -0.25) is 4.68 Å². The first-order chi connectivity index (χ1) is 9.63. The zero-order valence-corrected chi connectivity index (χ0v) is 13.6. The van der Waals surface area contributed by atoms with E-state index in [0.29, 0.717) is 12.6 Å². The van der Waals surface area contributed by atoms with E-state index in [1.165, 1.54) is 0 Å². The summed E-state index contributed by atoms with van der Waals surface area (Å²) in [6.45, 7) is 4.75. The third-order valence-corrected chi connectivity index (χ3v) is 3.84. The fourth-order valence-corrected chi connectivity index (χ4v) is 2.24. The smallest absolute Gasteiger partial charge is 0.134 e. The molecule has 1 heterocycles. The Morgan fingerprint density at radius 1 is 1.35 bits per heavy atom. The highest BCUT2D eigenvalue weighted by Gasteiger charge is 2.07. The van der Waals surface area contributed by atoms with Gasteiger partial charge in [-0.05, 0) is 53.5 Å². The Morgan fingerprint density at radius 3 is 2.80 bits per heavy atom. The van der Waals surface area contributed by atoms with Crippen molar-refractivity contribution in [3.8, 4) is 11.5 Å². The van der Waals surface area contributed by atoms with Gasteiger partial charge in [0.25, 0.3) is 0 Å². The van der Waals surface area contributed by atoms with Crippen LogP contribution in [0.25, 0.3) is 0 Å². The van der Waals surface area contributed by atoms with Gasteiger partial charge >= 0.3 is 0 Å². The van der Waals surface area contributed by atoms with Gasteiger partial charge in [0, 0.05) is 12.2 Å². The van der Waals surface area contributed by atoms with Crippen molar-refractivity contribution in [2.45, 2.75) is 32.9 Å². The van der Waals surface area contributed by atoms with Crippen molar-refractivity contribution in [1.82, 2.24) is 9.78 Å². The topological polar surface area (TPSA) is 36.3 Å². The van der Waals surface area contributed by atoms with Gasteiger partial charge in [0.05, 0.1) is 17.3 Å². The van der Waals surface area contributed by atoms with Crippen molar-refractivity contribution in [3.05, 3.63) is 40.6 Å². The van der Waals surface area contributed by atoms with Gasteiger partial charge in [-0.15, -0.1) is 0 Å². The molecular formula is C15H19BrN2O2. The van der Waals surface area contributed by atoms with Crippen molar-refractivity contribution in [2.75, 3.05) is 7.11 Å². The molecule has 0 saturated heterocycles. The van der Waals surface area contributed by atoms with Crippen molar-refractivity contribution < 1.29 is 9.47 Å². The van der Waals surface area contributed by atoms with Crippen molar-refractivity contribution in [3.63, 3.8) is 0 Å². The van der Waals surface area contributed by atoms with Crippen LogP contribution >= 0.6 is 15.9 Å². The Balaban J connectivity index is 2.00. The highest BCUT2D eigenvalue weighted by Crippen LogP contribution is 2.29. The summed E-state index contributed by atoms with van der Waals surface area (Å²) in [5.41, 5.74) is 0.924. The molecule has 4 nitrogen and oxygen atoms in total. The molecule has 1 aromatic heterocycles. The second kappa shape index (κ2) is 6.79. The molecule has 1 atom stereocenters. The Kier molecular flexibility index (Phi) is 5.06. The fourth-order valence-electron chi connectivity index (χ4n) is 1.76. The molecule has 0 aliphatic carbocycles. The average Bonchev–Trinajstić information content (AvgIpc) is 2.94. The van der Waals surface area contributed by atoms with E-state index in [1.807, 2.05) is 35.1 Å². The summed E-state index contributed by atoms with van der Waals surface area (Å²) in [5.74, 6) is 1.58. The zero-order chi connectivity index (χ0) is 14.5. The molecule has 0 saturated carbocycles. The highest BCUT2D eigenvalue weighted by molar-refractivity contribution is 9.10. The monoisotopic (exact) mass is 338 g/mol.